The molecule has 2 aromatic carbocycles. The van der Waals surface area contributed by atoms with Gasteiger partial charge in [-0.15, -0.1) is 0 Å². The summed E-state index contributed by atoms with van der Waals surface area (Å²) in [5, 5.41) is 7.04. The van der Waals surface area contributed by atoms with Crippen molar-refractivity contribution >= 4 is 17.5 Å². The summed E-state index contributed by atoms with van der Waals surface area (Å²) in [7, 11) is 0. The maximum Gasteiger partial charge on any atom is 0.257 e. The number of carbonyl (C=O) groups excluding carboxylic acids is 1. The molecule has 1 fully saturated rings. The Balaban J connectivity index is 1.10. The number of halogens is 2. The average Bonchev–Trinajstić information content (AvgIpc) is 3.41. The number of piperidine rings is 1. The zero-order valence-electron chi connectivity index (χ0n) is 20.1. The van der Waals surface area contributed by atoms with Crippen LogP contribution in [0.2, 0.25) is 5.02 Å². The predicted molar refractivity (Wildman–Crippen MR) is 135 cm³/mol. The van der Waals surface area contributed by atoms with Crippen LogP contribution in [0.5, 0.6) is 0 Å². The minimum Gasteiger partial charge on any atom is -0.360 e. The van der Waals surface area contributed by atoms with E-state index in [1.54, 1.807) is 24.1 Å². The molecule has 184 valence electrons. The lowest BCUT2D eigenvalue weighted by Crippen LogP contribution is -2.42. The molecule has 0 bridgehead atoms. The van der Waals surface area contributed by atoms with E-state index in [9.17, 15) is 9.18 Å². The van der Waals surface area contributed by atoms with Crippen molar-refractivity contribution in [3.8, 4) is 11.3 Å². The third-order valence-electron chi connectivity index (χ3n) is 7.75. The van der Waals surface area contributed by atoms with Gasteiger partial charge in [0.2, 0.25) is 0 Å². The van der Waals surface area contributed by atoms with Crippen LogP contribution in [0.4, 0.5) is 4.39 Å². The molecule has 2 aliphatic rings. The maximum absolute atomic E-state index is 14.4. The number of rotatable bonds is 7. The Morgan fingerprint density at radius 3 is 2.74 bits per heavy atom. The van der Waals surface area contributed by atoms with Crippen molar-refractivity contribution in [2.24, 2.45) is 0 Å². The van der Waals surface area contributed by atoms with Gasteiger partial charge in [0, 0.05) is 6.54 Å². The molecule has 1 aliphatic carbocycles. The molecular formula is C28H31ClFN3O2. The number of hydrogen-bond acceptors (Lipinski definition) is 4. The molecule has 3 aromatic rings. The van der Waals surface area contributed by atoms with E-state index < -0.39 is 5.82 Å². The Kier molecular flexibility index (Phi) is 6.94. The number of likely N-dealkylation sites (tertiary alicyclic amines) is 1. The van der Waals surface area contributed by atoms with E-state index in [4.69, 9.17) is 16.1 Å². The Hall–Kier alpha value is -2.70. The second kappa shape index (κ2) is 10.1. The third kappa shape index (κ3) is 4.74. The van der Waals surface area contributed by atoms with Crippen LogP contribution in [0.15, 0.2) is 47.0 Å². The highest BCUT2D eigenvalue weighted by molar-refractivity contribution is 6.33. The van der Waals surface area contributed by atoms with Gasteiger partial charge in [-0.25, -0.2) is 4.39 Å². The van der Waals surface area contributed by atoms with Crippen LogP contribution in [0.3, 0.4) is 0 Å². The van der Waals surface area contributed by atoms with Crippen LogP contribution in [-0.2, 0) is 11.8 Å². The first-order valence-corrected chi connectivity index (χ1v) is 12.9. The molecule has 0 atom stereocenters. The third-order valence-corrected chi connectivity index (χ3v) is 8.07. The van der Waals surface area contributed by atoms with Gasteiger partial charge in [0.1, 0.15) is 22.8 Å². The molecule has 1 aromatic heterocycles. The van der Waals surface area contributed by atoms with Gasteiger partial charge in [-0.2, -0.15) is 0 Å². The lowest BCUT2D eigenvalue weighted by molar-refractivity contribution is 0.0951. The van der Waals surface area contributed by atoms with Gasteiger partial charge >= 0.3 is 0 Å². The van der Waals surface area contributed by atoms with Gasteiger partial charge in [0.05, 0.1) is 10.6 Å². The highest BCUT2D eigenvalue weighted by Gasteiger charge is 2.40. The number of hydrogen-bond donors (Lipinski definition) is 1. The minimum absolute atomic E-state index is 0.0870. The Morgan fingerprint density at radius 2 is 1.94 bits per heavy atom. The second-order valence-electron chi connectivity index (χ2n) is 9.80. The first-order chi connectivity index (χ1) is 17.0. The second-order valence-corrected chi connectivity index (χ2v) is 10.2. The van der Waals surface area contributed by atoms with Crippen molar-refractivity contribution < 1.29 is 13.7 Å². The smallest absolute Gasteiger partial charge is 0.257 e. The molecule has 2 heterocycles. The van der Waals surface area contributed by atoms with Gasteiger partial charge in [-0.05, 0) is 93.8 Å². The molecule has 5 rings (SSSR count). The maximum atomic E-state index is 14.4. The van der Waals surface area contributed by atoms with Crippen LogP contribution < -0.4 is 5.32 Å². The number of amides is 1. The van der Waals surface area contributed by atoms with Crippen molar-refractivity contribution in [1.29, 1.82) is 0 Å². The monoisotopic (exact) mass is 495 g/mol. The van der Waals surface area contributed by atoms with Crippen molar-refractivity contribution in [2.75, 3.05) is 26.2 Å². The molecule has 35 heavy (non-hydrogen) atoms. The minimum atomic E-state index is -0.538. The normalized spacial score (nSPS) is 17.0. The summed E-state index contributed by atoms with van der Waals surface area (Å²) < 4.78 is 19.6. The van der Waals surface area contributed by atoms with Crippen LogP contribution in [0.25, 0.3) is 11.3 Å². The van der Waals surface area contributed by atoms with E-state index in [0.29, 0.717) is 17.7 Å². The SMILES string of the molecule is Cc1onc(-c2c(F)cccc2Cl)c1C(=O)NCCCCN1CCC2(CCc3ccccc32)CC1. The van der Waals surface area contributed by atoms with Crippen molar-refractivity contribution in [2.45, 2.75) is 50.9 Å². The number of benzene rings is 2. The van der Waals surface area contributed by atoms with Crippen molar-refractivity contribution in [3.63, 3.8) is 0 Å². The van der Waals surface area contributed by atoms with E-state index in [-0.39, 0.29) is 27.8 Å². The molecule has 0 saturated carbocycles. The van der Waals surface area contributed by atoms with Gasteiger partial charge < -0.3 is 14.7 Å². The number of unbranched alkanes of at least 4 members (excludes halogenated alkanes) is 1. The summed E-state index contributed by atoms with van der Waals surface area (Å²) >= 11 is 6.18. The quantitative estimate of drug-likeness (QED) is 0.412. The summed E-state index contributed by atoms with van der Waals surface area (Å²) in [6.07, 6.45) is 6.85. The highest BCUT2D eigenvalue weighted by Crippen LogP contribution is 2.46. The summed E-state index contributed by atoms with van der Waals surface area (Å²) in [6, 6.07) is 13.3. The summed E-state index contributed by atoms with van der Waals surface area (Å²) in [5.74, 6) is -0.519. The average molecular weight is 496 g/mol. The van der Waals surface area contributed by atoms with Gasteiger partial charge in [-0.1, -0.05) is 47.1 Å². The van der Waals surface area contributed by atoms with E-state index in [1.807, 2.05) is 0 Å². The summed E-state index contributed by atoms with van der Waals surface area (Å²) in [4.78, 5) is 15.4. The molecule has 1 saturated heterocycles. The first-order valence-electron chi connectivity index (χ1n) is 12.5. The molecule has 7 heteroatoms. The number of carbonyl (C=O) groups is 1. The van der Waals surface area contributed by atoms with Gasteiger partial charge in [0.25, 0.3) is 5.91 Å². The topological polar surface area (TPSA) is 58.4 Å². The zero-order chi connectivity index (χ0) is 24.4. The number of nitrogens with one attached hydrogen (secondary N) is 1. The summed E-state index contributed by atoms with van der Waals surface area (Å²) in [5.41, 5.74) is 3.97. The highest BCUT2D eigenvalue weighted by atomic mass is 35.5. The van der Waals surface area contributed by atoms with Gasteiger partial charge in [-0.3, -0.25) is 4.79 Å². The van der Waals surface area contributed by atoms with Crippen LogP contribution >= 0.6 is 11.6 Å². The molecule has 1 aliphatic heterocycles. The molecule has 0 unspecified atom stereocenters. The fourth-order valence-corrected chi connectivity index (χ4v) is 6.03. The molecular weight excluding hydrogens is 465 g/mol. The van der Waals surface area contributed by atoms with E-state index in [0.717, 1.165) is 32.5 Å². The van der Waals surface area contributed by atoms with E-state index in [2.05, 4.69) is 39.6 Å². The van der Waals surface area contributed by atoms with Crippen LogP contribution in [0.1, 0.15) is 59.3 Å². The molecule has 5 nitrogen and oxygen atoms in total. The summed E-state index contributed by atoms with van der Waals surface area (Å²) in [6.45, 7) is 5.49. The van der Waals surface area contributed by atoms with E-state index >= 15 is 0 Å². The van der Waals surface area contributed by atoms with Crippen molar-refractivity contribution in [3.05, 3.63) is 75.8 Å². The number of aromatic nitrogens is 1. The first kappa shape index (κ1) is 24.0. The lowest BCUT2D eigenvalue weighted by atomic mass is 9.74. The number of fused-ring (bicyclic) bond motifs is 2. The Labute approximate surface area is 210 Å². The molecule has 0 radical (unpaired) electrons. The van der Waals surface area contributed by atoms with Gasteiger partial charge in [0.15, 0.2) is 0 Å². The van der Waals surface area contributed by atoms with Crippen LogP contribution in [0, 0.1) is 12.7 Å². The van der Waals surface area contributed by atoms with Crippen LogP contribution in [-0.4, -0.2) is 42.1 Å². The molecule has 1 N–H and O–H groups in total. The largest absolute Gasteiger partial charge is 0.360 e. The Bertz CT molecular complexity index is 1200. The predicted octanol–water partition coefficient (Wildman–Crippen LogP) is 5.93. The standard InChI is InChI=1S/C28H31ClFN3O2/c1-19-24(26(32-35-19)25-22(29)9-6-10-23(25)30)27(34)31-15-4-5-16-33-17-13-28(14-18-33)12-11-20-7-2-3-8-21(20)28/h2-3,6-10H,4-5,11-18H2,1H3,(H,31,34). The number of aryl methyl sites for hydroxylation is 2. The molecule has 1 spiro atoms. The lowest BCUT2D eigenvalue weighted by Gasteiger charge is -2.40. The molecule has 1 amide bonds. The Morgan fingerprint density at radius 1 is 1.14 bits per heavy atom. The van der Waals surface area contributed by atoms with E-state index in [1.165, 1.54) is 37.8 Å². The number of nitrogens with zero attached hydrogens (tertiary/aromatic N) is 2. The zero-order valence-corrected chi connectivity index (χ0v) is 20.8. The fraction of sp³-hybridized carbons (Fsp3) is 0.429. The fourth-order valence-electron chi connectivity index (χ4n) is 5.77. The van der Waals surface area contributed by atoms with Crippen molar-refractivity contribution in [1.82, 2.24) is 15.4 Å².